The summed E-state index contributed by atoms with van der Waals surface area (Å²) in [7, 11) is -1.42. The molecule has 0 atom stereocenters. The monoisotopic (exact) mass is 440 g/mol. The molecule has 7 nitrogen and oxygen atoms in total. The molecule has 164 valence electrons. The van der Waals surface area contributed by atoms with Crippen LogP contribution in [0, 0.1) is 0 Å². The van der Waals surface area contributed by atoms with Crippen LogP contribution in [-0.4, -0.2) is 51.7 Å². The Morgan fingerprint density at radius 2 is 1.81 bits per heavy atom. The van der Waals surface area contributed by atoms with Crippen molar-refractivity contribution < 1.29 is 13.2 Å². The number of amides is 1. The highest BCUT2D eigenvalue weighted by Gasteiger charge is 2.29. The summed E-state index contributed by atoms with van der Waals surface area (Å²) in [6.07, 6.45) is 3.02. The van der Waals surface area contributed by atoms with Gasteiger partial charge in [-0.1, -0.05) is 36.8 Å². The number of para-hydroxylation sites is 1. The van der Waals surface area contributed by atoms with Gasteiger partial charge in [0.1, 0.15) is 5.84 Å². The zero-order valence-electron chi connectivity index (χ0n) is 17.8. The predicted molar refractivity (Wildman–Crippen MR) is 122 cm³/mol. The highest BCUT2D eigenvalue weighted by molar-refractivity contribution is 7.90. The summed E-state index contributed by atoms with van der Waals surface area (Å²) < 4.78 is 26.7. The topological polar surface area (TPSA) is 82.1 Å². The molecular weight excluding hydrogens is 412 g/mol. The zero-order valence-corrected chi connectivity index (χ0v) is 18.6. The minimum Gasteiger partial charge on any atom is -0.373 e. The number of rotatable bonds is 6. The summed E-state index contributed by atoms with van der Waals surface area (Å²) in [5, 5.41) is 0. The molecule has 0 aromatic heterocycles. The molecule has 0 bridgehead atoms. The van der Waals surface area contributed by atoms with E-state index in [0.717, 1.165) is 32.4 Å². The van der Waals surface area contributed by atoms with E-state index in [1.54, 1.807) is 18.2 Å². The fourth-order valence-electron chi connectivity index (χ4n) is 4.07. The molecule has 0 saturated heterocycles. The zero-order chi connectivity index (χ0) is 21.8. The molecule has 2 aliphatic rings. The molecule has 8 heteroatoms. The number of hydrogen-bond donors (Lipinski definition) is 1. The van der Waals surface area contributed by atoms with E-state index >= 15 is 0 Å². The summed E-state index contributed by atoms with van der Waals surface area (Å²) in [6, 6.07) is 15.1. The van der Waals surface area contributed by atoms with Gasteiger partial charge in [0.25, 0.3) is 10.0 Å². The molecule has 0 fully saturated rings. The van der Waals surface area contributed by atoms with Gasteiger partial charge in [0.15, 0.2) is 0 Å². The number of likely N-dealkylation sites (N-methyl/N-ethyl adjacent to an activating group) is 1. The average Bonchev–Trinajstić information content (AvgIpc) is 2.91. The summed E-state index contributed by atoms with van der Waals surface area (Å²) >= 11 is 0. The Morgan fingerprint density at radius 1 is 1.03 bits per heavy atom. The van der Waals surface area contributed by atoms with Crippen molar-refractivity contribution >= 4 is 27.5 Å². The Labute approximate surface area is 183 Å². The van der Waals surface area contributed by atoms with Gasteiger partial charge >= 0.3 is 0 Å². The second-order valence-corrected chi connectivity index (χ2v) is 9.66. The predicted octanol–water partition coefficient (Wildman–Crippen LogP) is 2.76. The minimum atomic E-state index is -3.49. The maximum Gasteiger partial charge on any atom is 0.263 e. The summed E-state index contributed by atoms with van der Waals surface area (Å²) in [5.74, 6) is 0.605. The van der Waals surface area contributed by atoms with Crippen molar-refractivity contribution in [2.75, 3.05) is 31.6 Å². The number of anilines is 1. The molecule has 2 aliphatic heterocycles. The van der Waals surface area contributed by atoms with Crippen LogP contribution < -0.4 is 9.62 Å². The summed E-state index contributed by atoms with van der Waals surface area (Å²) in [6.45, 7) is 2.75. The summed E-state index contributed by atoms with van der Waals surface area (Å²) in [4.78, 5) is 21.6. The van der Waals surface area contributed by atoms with E-state index < -0.39 is 10.0 Å². The lowest BCUT2D eigenvalue weighted by molar-refractivity contribution is -0.131. The number of sulfonamides is 1. The third-order valence-electron chi connectivity index (χ3n) is 5.80. The van der Waals surface area contributed by atoms with Crippen LogP contribution in [0.5, 0.6) is 0 Å². The number of nitrogens with zero attached hydrogens (tertiary/aromatic N) is 3. The fourth-order valence-corrected chi connectivity index (χ4v) is 5.32. The molecule has 1 N–H and O–H groups in total. The first-order chi connectivity index (χ1) is 15.0. The molecule has 0 saturated carbocycles. The molecule has 0 aliphatic carbocycles. The van der Waals surface area contributed by atoms with Gasteiger partial charge in [0.2, 0.25) is 5.91 Å². The number of unbranched alkanes of at least 4 members (excludes halogenated alkanes) is 2. The Bertz CT molecular complexity index is 1100. The van der Waals surface area contributed by atoms with E-state index in [1.807, 2.05) is 23.1 Å². The molecule has 0 spiro atoms. The van der Waals surface area contributed by atoms with Crippen molar-refractivity contribution in [3.8, 4) is 0 Å². The van der Waals surface area contributed by atoms with Crippen molar-refractivity contribution in [1.82, 2.24) is 9.62 Å². The van der Waals surface area contributed by atoms with Crippen LogP contribution in [0.3, 0.4) is 0 Å². The highest BCUT2D eigenvalue weighted by atomic mass is 32.2. The molecule has 0 radical (unpaired) electrons. The van der Waals surface area contributed by atoms with Crippen molar-refractivity contribution in [2.45, 2.75) is 37.1 Å². The third kappa shape index (κ3) is 4.74. The highest BCUT2D eigenvalue weighted by Crippen LogP contribution is 2.24. The molecule has 2 aromatic rings. The molecular formula is C23H28N4O3S. The number of fused-ring (bicyclic) bond motifs is 2. The average molecular weight is 441 g/mol. The van der Waals surface area contributed by atoms with Crippen molar-refractivity contribution in [1.29, 1.82) is 0 Å². The second kappa shape index (κ2) is 9.09. The number of hydrogen-bond acceptors (Lipinski definition) is 5. The third-order valence-corrected chi connectivity index (χ3v) is 7.20. The SMILES string of the molecule is CN1CCN(C(=O)CCCCCN=C2NS(=O)(=O)c3ccccc32)Cc2ccccc21. The minimum absolute atomic E-state index is 0.189. The Balaban J connectivity index is 1.24. The molecule has 4 rings (SSSR count). The van der Waals surface area contributed by atoms with Gasteiger partial charge in [0, 0.05) is 50.9 Å². The van der Waals surface area contributed by atoms with Gasteiger partial charge in [-0.25, -0.2) is 8.42 Å². The number of carbonyl (C=O) groups excluding carboxylic acids is 1. The van der Waals surface area contributed by atoms with E-state index in [0.29, 0.717) is 30.9 Å². The van der Waals surface area contributed by atoms with E-state index in [1.165, 1.54) is 11.3 Å². The smallest absolute Gasteiger partial charge is 0.263 e. The van der Waals surface area contributed by atoms with Crippen LogP contribution in [0.25, 0.3) is 0 Å². The van der Waals surface area contributed by atoms with Gasteiger partial charge in [-0.2, -0.15) is 0 Å². The first-order valence-corrected chi connectivity index (χ1v) is 12.2. The van der Waals surface area contributed by atoms with Crippen LogP contribution in [0.15, 0.2) is 58.4 Å². The van der Waals surface area contributed by atoms with Crippen LogP contribution in [0.2, 0.25) is 0 Å². The first kappa shape index (κ1) is 21.4. The van der Waals surface area contributed by atoms with Crippen molar-refractivity contribution in [3.05, 3.63) is 59.7 Å². The molecule has 1 amide bonds. The van der Waals surface area contributed by atoms with Crippen LogP contribution in [0.4, 0.5) is 5.69 Å². The number of benzene rings is 2. The van der Waals surface area contributed by atoms with Gasteiger partial charge in [-0.05, 0) is 36.6 Å². The van der Waals surface area contributed by atoms with Crippen LogP contribution in [0.1, 0.15) is 36.8 Å². The van der Waals surface area contributed by atoms with Gasteiger partial charge in [0.05, 0.1) is 4.90 Å². The standard InChI is InChI=1S/C23H28N4O3S/c1-26-15-16-27(17-18-9-4-6-11-20(18)26)22(28)13-3-2-8-14-24-23-19-10-5-7-12-21(19)31(29,30)25-23/h4-7,9-12H,2-3,8,13-17H2,1H3,(H,24,25). The Kier molecular flexibility index (Phi) is 6.27. The van der Waals surface area contributed by atoms with Crippen molar-refractivity contribution in [2.24, 2.45) is 4.99 Å². The lowest BCUT2D eigenvalue weighted by Crippen LogP contribution is -2.34. The lowest BCUT2D eigenvalue weighted by Gasteiger charge is -2.21. The molecule has 2 heterocycles. The second-order valence-electron chi connectivity index (χ2n) is 8.01. The van der Waals surface area contributed by atoms with Crippen LogP contribution in [-0.2, 0) is 21.4 Å². The van der Waals surface area contributed by atoms with Gasteiger partial charge < -0.3 is 9.80 Å². The van der Waals surface area contributed by atoms with Gasteiger partial charge in [-0.3, -0.25) is 14.5 Å². The summed E-state index contributed by atoms with van der Waals surface area (Å²) in [5.41, 5.74) is 3.01. The lowest BCUT2D eigenvalue weighted by atomic mass is 10.1. The van der Waals surface area contributed by atoms with E-state index in [-0.39, 0.29) is 10.8 Å². The van der Waals surface area contributed by atoms with Crippen LogP contribution >= 0.6 is 0 Å². The van der Waals surface area contributed by atoms with Crippen molar-refractivity contribution in [3.63, 3.8) is 0 Å². The number of carbonyl (C=O) groups is 1. The number of amidine groups is 1. The largest absolute Gasteiger partial charge is 0.373 e. The van der Waals surface area contributed by atoms with Gasteiger partial charge in [-0.15, -0.1) is 0 Å². The maximum atomic E-state index is 12.7. The van der Waals surface area contributed by atoms with E-state index in [2.05, 4.69) is 33.8 Å². The van der Waals surface area contributed by atoms with E-state index in [9.17, 15) is 13.2 Å². The Hall–Kier alpha value is -2.87. The first-order valence-electron chi connectivity index (χ1n) is 10.7. The quantitative estimate of drug-likeness (QED) is 0.701. The molecule has 2 aromatic carbocycles. The number of nitrogens with one attached hydrogen (secondary N) is 1. The Morgan fingerprint density at radius 3 is 2.68 bits per heavy atom. The van der Waals surface area contributed by atoms with E-state index in [4.69, 9.17) is 0 Å². The molecule has 0 unspecified atom stereocenters. The normalized spacial score (nSPS) is 18.3. The molecule has 31 heavy (non-hydrogen) atoms. The fraction of sp³-hybridized carbons (Fsp3) is 0.391. The number of aliphatic imine (C=N–C) groups is 1. The maximum absolute atomic E-state index is 12.7.